The number of aromatic nitrogens is 3. The molecule has 1 N–H and O–H groups in total. The number of pyridine rings is 1. The first-order valence-corrected chi connectivity index (χ1v) is 13.0. The Morgan fingerprint density at radius 3 is 2.46 bits per heavy atom. The minimum Gasteiger partial charge on any atom is -0.346 e. The van der Waals surface area contributed by atoms with Crippen molar-refractivity contribution in [1.29, 1.82) is 0 Å². The molecule has 8 heteroatoms. The zero-order valence-corrected chi connectivity index (χ0v) is 20.3. The van der Waals surface area contributed by atoms with Gasteiger partial charge in [0, 0.05) is 42.0 Å². The van der Waals surface area contributed by atoms with Crippen LogP contribution in [0.5, 0.6) is 0 Å². The molecule has 2 aromatic heterocycles. The van der Waals surface area contributed by atoms with Crippen LogP contribution in [0.2, 0.25) is 0 Å². The third-order valence-corrected chi connectivity index (χ3v) is 6.62. The van der Waals surface area contributed by atoms with Crippen LogP contribution >= 0.6 is 0 Å². The van der Waals surface area contributed by atoms with Gasteiger partial charge in [-0.1, -0.05) is 42.5 Å². The second kappa shape index (κ2) is 10.5. The van der Waals surface area contributed by atoms with Gasteiger partial charge >= 0.3 is 0 Å². The largest absolute Gasteiger partial charge is 0.346 e. The Morgan fingerprint density at radius 1 is 1.06 bits per heavy atom. The quantitative estimate of drug-likeness (QED) is 0.375. The third-order valence-electron chi connectivity index (χ3n) is 5.49. The van der Waals surface area contributed by atoms with Gasteiger partial charge in [0.15, 0.2) is 9.84 Å². The van der Waals surface area contributed by atoms with E-state index in [4.69, 9.17) is 5.10 Å². The molecular formula is C27H26N4O3S. The van der Waals surface area contributed by atoms with E-state index in [0.717, 1.165) is 27.9 Å². The summed E-state index contributed by atoms with van der Waals surface area (Å²) >= 11 is 0. The minimum atomic E-state index is -3.26. The van der Waals surface area contributed by atoms with E-state index in [-0.39, 0.29) is 16.8 Å². The number of nitrogens with zero attached hydrogens (tertiary/aromatic N) is 3. The SMILES string of the molecule is CC(NC(=O)C=Cc1cn(Cc2ccccc2)nc1-c1cccnc1)c1ccc(S(C)(=O)=O)cc1. The Kier molecular flexibility index (Phi) is 7.22. The Labute approximate surface area is 205 Å². The Bertz CT molecular complexity index is 1430. The highest BCUT2D eigenvalue weighted by molar-refractivity contribution is 7.90. The van der Waals surface area contributed by atoms with E-state index in [1.807, 2.05) is 60.3 Å². The second-order valence-electron chi connectivity index (χ2n) is 8.26. The number of benzene rings is 2. The molecule has 35 heavy (non-hydrogen) atoms. The van der Waals surface area contributed by atoms with Crippen molar-refractivity contribution in [2.75, 3.05) is 6.26 Å². The molecular weight excluding hydrogens is 460 g/mol. The molecule has 4 rings (SSSR count). The summed E-state index contributed by atoms with van der Waals surface area (Å²) in [6.07, 6.45) is 9.75. The molecule has 7 nitrogen and oxygen atoms in total. The first-order chi connectivity index (χ1) is 16.8. The van der Waals surface area contributed by atoms with Gasteiger partial charge in [0.25, 0.3) is 0 Å². The van der Waals surface area contributed by atoms with E-state index in [0.29, 0.717) is 6.54 Å². The van der Waals surface area contributed by atoms with Gasteiger partial charge in [-0.15, -0.1) is 0 Å². The number of hydrogen-bond donors (Lipinski definition) is 1. The van der Waals surface area contributed by atoms with Gasteiger partial charge in [-0.05, 0) is 48.4 Å². The van der Waals surface area contributed by atoms with Gasteiger partial charge in [0.05, 0.1) is 17.5 Å². The lowest BCUT2D eigenvalue weighted by molar-refractivity contribution is -0.117. The lowest BCUT2D eigenvalue weighted by atomic mass is 10.1. The molecule has 0 radical (unpaired) electrons. The number of carbonyl (C=O) groups is 1. The average molecular weight is 487 g/mol. The van der Waals surface area contributed by atoms with E-state index >= 15 is 0 Å². The summed E-state index contributed by atoms with van der Waals surface area (Å²) in [7, 11) is -3.26. The molecule has 0 fully saturated rings. The first kappa shape index (κ1) is 24.1. The number of carbonyl (C=O) groups excluding carboxylic acids is 1. The topological polar surface area (TPSA) is 93.9 Å². The zero-order valence-electron chi connectivity index (χ0n) is 19.5. The van der Waals surface area contributed by atoms with E-state index in [1.165, 1.54) is 12.3 Å². The molecule has 4 aromatic rings. The van der Waals surface area contributed by atoms with Crippen molar-refractivity contribution in [3.8, 4) is 11.3 Å². The smallest absolute Gasteiger partial charge is 0.244 e. The highest BCUT2D eigenvalue weighted by Gasteiger charge is 2.13. The van der Waals surface area contributed by atoms with Crippen LogP contribution in [0.15, 0.2) is 96.3 Å². The number of rotatable bonds is 8. The fourth-order valence-corrected chi connectivity index (χ4v) is 4.28. The summed E-state index contributed by atoms with van der Waals surface area (Å²) in [5, 5.41) is 7.65. The lowest BCUT2D eigenvalue weighted by Gasteiger charge is -2.13. The number of hydrogen-bond acceptors (Lipinski definition) is 5. The molecule has 0 aliphatic heterocycles. The monoisotopic (exact) mass is 486 g/mol. The van der Waals surface area contributed by atoms with Gasteiger partial charge in [-0.3, -0.25) is 14.5 Å². The van der Waals surface area contributed by atoms with Crippen LogP contribution in [0, 0.1) is 0 Å². The van der Waals surface area contributed by atoms with Crippen LogP contribution in [0.4, 0.5) is 0 Å². The summed E-state index contributed by atoms with van der Waals surface area (Å²) < 4.78 is 25.2. The highest BCUT2D eigenvalue weighted by atomic mass is 32.2. The molecule has 0 bridgehead atoms. The van der Waals surface area contributed by atoms with Crippen LogP contribution in [0.1, 0.15) is 29.7 Å². The first-order valence-electron chi connectivity index (χ1n) is 11.1. The Balaban J connectivity index is 1.51. The lowest BCUT2D eigenvalue weighted by Crippen LogP contribution is -2.24. The van der Waals surface area contributed by atoms with Crippen LogP contribution in [0.3, 0.4) is 0 Å². The third kappa shape index (κ3) is 6.30. The molecule has 0 saturated heterocycles. The predicted molar refractivity (Wildman–Crippen MR) is 136 cm³/mol. The molecule has 1 amide bonds. The van der Waals surface area contributed by atoms with E-state index in [2.05, 4.69) is 10.3 Å². The van der Waals surface area contributed by atoms with E-state index in [1.54, 1.807) is 42.7 Å². The van der Waals surface area contributed by atoms with Crippen LogP contribution in [0.25, 0.3) is 17.3 Å². The van der Waals surface area contributed by atoms with Crippen LogP contribution in [-0.4, -0.2) is 35.3 Å². The van der Waals surface area contributed by atoms with E-state index < -0.39 is 9.84 Å². The molecule has 0 saturated carbocycles. The summed E-state index contributed by atoms with van der Waals surface area (Å²) in [6.45, 7) is 2.45. The zero-order chi connectivity index (χ0) is 24.8. The van der Waals surface area contributed by atoms with Crippen molar-refractivity contribution in [2.45, 2.75) is 24.4 Å². The standard InChI is InChI=1S/C27H26N4O3S/c1-20(22-10-13-25(14-11-22)35(2,33)34)29-26(32)15-12-24-19-31(18-21-7-4-3-5-8-21)30-27(24)23-9-6-16-28-17-23/h3-17,19-20H,18H2,1-2H3,(H,29,32). The minimum absolute atomic E-state index is 0.245. The van der Waals surface area contributed by atoms with E-state index in [9.17, 15) is 13.2 Å². The number of sulfone groups is 1. The van der Waals surface area contributed by atoms with Crippen LogP contribution < -0.4 is 5.32 Å². The number of nitrogens with one attached hydrogen (secondary N) is 1. The predicted octanol–water partition coefficient (Wildman–Crippen LogP) is 4.29. The normalized spacial score (nSPS) is 12.5. The summed E-state index contributed by atoms with van der Waals surface area (Å²) in [6, 6.07) is 20.0. The van der Waals surface area contributed by atoms with Crippen molar-refractivity contribution in [1.82, 2.24) is 20.1 Å². The average Bonchev–Trinajstić information content (AvgIpc) is 3.26. The molecule has 2 heterocycles. The summed E-state index contributed by atoms with van der Waals surface area (Å²) in [4.78, 5) is 17.1. The molecule has 178 valence electrons. The highest BCUT2D eigenvalue weighted by Crippen LogP contribution is 2.23. The molecule has 1 unspecified atom stereocenters. The maximum atomic E-state index is 12.6. The van der Waals surface area contributed by atoms with Gasteiger partial charge in [0.2, 0.25) is 5.91 Å². The maximum absolute atomic E-state index is 12.6. The van der Waals surface area contributed by atoms with Gasteiger partial charge < -0.3 is 5.32 Å². The molecule has 2 aromatic carbocycles. The van der Waals surface area contributed by atoms with Crippen molar-refractivity contribution in [2.24, 2.45) is 0 Å². The van der Waals surface area contributed by atoms with Crippen LogP contribution in [-0.2, 0) is 21.2 Å². The van der Waals surface area contributed by atoms with Crippen molar-refractivity contribution in [3.63, 3.8) is 0 Å². The van der Waals surface area contributed by atoms with Gasteiger partial charge in [-0.25, -0.2) is 8.42 Å². The summed E-state index contributed by atoms with van der Waals surface area (Å²) in [5.41, 5.74) is 4.33. The molecule has 0 aliphatic carbocycles. The van der Waals surface area contributed by atoms with Crippen molar-refractivity contribution < 1.29 is 13.2 Å². The molecule has 0 aliphatic rings. The fraction of sp³-hybridized carbons (Fsp3) is 0.148. The fourth-order valence-electron chi connectivity index (χ4n) is 3.65. The van der Waals surface area contributed by atoms with Crippen molar-refractivity contribution in [3.05, 3.63) is 108 Å². The maximum Gasteiger partial charge on any atom is 0.244 e. The summed E-state index contributed by atoms with van der Waals surface area (Å²) in [5.74, 6) is -0.266. The second-order valence-corrected chi connectivity index (χ2v) is 10.3. The van der Waals surface area contributed by atoms with Gasteiger partial charge in [0.1, 0.15) is 5.69 Å². The number of amides is 1. The Morgan fingerprint density at radius 2 is 1.80 bits per heavy atom. The molecule has 0 spiro atoms. The van der Waals surface area contributed by atoms with Crippen molar-refractivity contribution >= 4 is 21.8 Å². The Hall–Kier alpha value is -4.04. The van der Waals surface area contributed by atoms with Gasteiger partial charge in [-0.2, -0.15) is 5.10 Å². The molecule has 1 atom stereocenters.